The van der Waals surface area contributed by atoms with Crippen LogP contribution in [0.1, 0.15) is 22.8 Å². The van der Waals surface area contributed by atoms with Crippen molar-refractivity contribution in [2.75, 3.05) is 43.3 Å². The second-order valence-electron chi connectivity index (χ2n) is 7.03. The van der Waals surface area contributed by atoms with Crippen molar-refractivity contribution in [1.82, 2.24) is 9.80 Å². The fourth-order valence-corrected chi connectivity index (χ4v) is 4.26. The summed E-state index contributed by atoms with van der Waals surface area (Å²) < 4.78 is 26.0. The zero-order valence-electron chi connectivity index (χ0n) is 16.4. The van der Waals surface area contributed by atoms with Crippen LogP contribution in [0.25, 0.3) is 0 Å². The zero-order chi connectivity index (χ0) is 20.1. The largest absolute Gasteiger partial charge is 0.336 e. The van der Waals surface area contributed by atoms with Crippen molar-refractivity contribution in [2.45, 2.75) is 13.5 Å². The Morgan fingerprint density at radius 1 is 0.964 bits per heavy atom. The highest BCUT2D eigenvalue weighted by Gasteiger charge is 2.22. The molecule has 28 heavy (non-hydrogen) atoms. The van der Waals surface area contributed by atoms with E-state index in [1.165, 1.54) is 10.6 Å². The highest BCUT2D eigenvalue weighted by atomic mass is 32.2. The monoisotopic (exact) mass is 401 g/mol. The third-order valence-corrected chi connectivity index (χ3v) is 6.22. The topological polar surface area (TPSA) is 60.9 Å². The van der Waals surface area contributed by atoms with E-state index in [2.05, 4.69) is 11.8 Å². The van der Waals surface area contributed by atoms with Crippen molar-refractivity contribution in [3.05, 3.63) is 65.7 Å². The van der Waals surface area contributed by atoms with Gasteiger partial charge in [-0.3, -0.25) is 9.10 Å². The normalized spacial score (nSPS) is 15.4. The third kappa shape index (κ3) is 4.91. The highest BCUT2D eigenvalue weighted by molar-refractivity contribution is 7.92. The Labute approximate surface area is 167 Å². The molecule has 2 aromatic carbocycles. The number of carbonyl (C=O) groups is 1. The van der Waals surface area contributed by atoms with Crippen molar-refractivity contribution in [3.8, 4) is 0 Å². The van der Waals surface area contributed by atoms with Gasteiger partial charge < -0.3 is 9.80 Å². The predicted octanol–water partition coefficient (Wildman–Crippen LogP) is 2.43. The maximum absolute atomic E-state index is 12.7. The smallest absolute Gasteiger partial charge is 0.253 e. The van der Waals surface area contributed by atoms with Gasteiger partial charge in [-0.1, -0.05) is 37.3 Å². The standard InChI is InChI=1S/C21H27N3O3S/c1-3-22-13-15-23(16-14-22)21(25)19-9-11-20(12-10-19)24(28(2,26)27)17-18-7-5-4-6-8-18/h4-12H,3,13-17H2,1-2H3. The summed E-state index contributed by atoms with van der Waals surface area (Å²) in [5, 5.41) is 0. The molecule has 0 saturated carbocycles. The summed E-state index contributed by atoms with van der Waals surface area (Å²) in [4.78, 5) is 16.9. The maximum atomic E-state index is 12.7. The average molecular weight is 402 g/mol. The Balaban J connectivity index is 1.75. The van der Waals surface area contributed by atoms with Gasteiger partial charge in [-0.05, 0) is 36.4 Å². The number of likely N-dealkylation sites (N-methyl/N-ethyl adjacent to an activating group) is 1. The quantitative estimate of drug-likeness (QED) is 0.746. The minimum atomic E-state index is -3.45. The van der Waals surface area contributed by atoms with Gasteiger partial charge >= 0.3 is 0 Å². The lowest BCUT2D eigenvalue weighted by Crippen LogP contribution is -2.48. The molecule has 2 aromatic rings. The summed E-state index contributed by atoms with van der Waals surface area (Å²) in [6, 6.07) is 16.3. The molecule has 150 valence electrons. The van der Waals surface area contributed by atoms with Gasteiger partial charge in [-0.2, -0.15) is 0 Å². The number of anilines is 1. The predicted molar refractivity (Wildman–Crippen MR) is 112 cm³/mol. The Hall–Kier alpha value is -2.38. The molecule has 0 bridgehead atoms. The minimum absolute atomic E-state index is 0.00346. The number of piperazine rings is 1. The summed E-state index contributed by atoms with van der Waals surface area (Å²) in [6.07, 6.45) is 1.20. The number of sulfonamides is 1. The Morgan fingerprint density at radius 2 is 1.57 bits per heavy atom. The van der Waals surface area contributed by atoms with Gasteiger partial charge in [0.15, 0.2) is 0 Å². The number of amides is 1. The Kier molecular flexibility index (Phi) is 6.36. The first-order valence-corrected chi connectivity index (χ1v) is 11.4. The number of hydrogen-bond acceptors (Lipinski definition) is 4. The van der Waals surface area contributed by atoms with Gasteiger partial charge in [0.2, 0.25) is 10.0 Å². The molecule has 3 rings (SSSR count). The van der Waals surface area contributed by atoms with E-state index in [0.717, 1.165) is 38.3 Å². The molecule has 1 saturated heterocycles. The van der Waals surface area contributed by atoms with Gasteiger partial charge in [0.05, 0.1) is 18.5 Å². The zero-order valence-corrected chi connectivity index (χ0v) is 17.2. The Bertz CT molecular complexity index is 890. The van der Waals surface area contributed by atoms with E-state index in [9.17, 15) is 13.2 Å². The molecule has 1 aliphatic rings. The number of nitrogens with zero attached hydrogens (tertiary/aromatic N) is 3. The molecule has 1 fully saturated rings. The lowest BCUT2D eigenvalue weighted by molar-refractivity contribution is 0.0643. The SMILES string of the molecule is CCN1CCN(C(=O)c2ccc(N(Cc3ccccc3)S(C)(=O)=O)cc2)CC1. The summed E-state index contributed by atoms with van der Waals surface area (Å²) in [7, 11) is -3.45. The van der Waals surface area contributed by atoms with E-state index in [0.29, 0.717) is 11.3 Å². The van der Waals surface area contributed by atoms with E-state index in [1.807, 2.05) is 35.2 Å². The Morgan fingerprint density at radius 3 is 2.11 bits per heavy atom. The van der Waals surface area contributed by atoms with Crippen LogP contribution in [0.15, 0.2) is 54.6 Å². The van der Waals surface area contributed by atoms with Crippen LogP contribution in [-0.4, -0.2) is 63.1 Å². The number of benzene rings is 2. The van der Waals surface area contributed by atoms with Gasteiger partial charge in [-0.25, -0.2) is 8.42 Å². The van der Waals surface area contributed by atoms with Crippen LogP contribution in [0, 0.1) is 0 Å². The van der Waals surface area contributed by atoms with Gasteiger partial charge in [0, 0.05) is 31.7 Å². The van der Waals surface area contributed by atoms with Crippen molar-refractivity contribution in [2.24, 2.45) is 0 Å². The van der Waals surface area contributed by atoms with Crippen molar-refractivity contribution < 1.29 is 13.2 Å². The lowest BCUT2D eigenvalue weighted by atomic mass is 10.1. The second-order valence-corrected chi connectivity index (χ2v) is 8.94. The molecule has 1 amide bonds. The molecule has 0 radical (unpaired) electrons. The van der Waals surface area contributed by atoms with E-state index in [4.69, 9.17) is 0 Å². The molecular weight excluding hydrogens is 374 g/mol. The van der Waals surface area contributed by atoms with Crippen LogP contribution in [0.2, 0.25) is 0 Å². The van der Waals surface area contributed by atoms with Crippen LogP contribution in [0.5, 0.6) is 0 Å². The molecule has 0 spiro atoms. The highest BCUT2D eigenvalue weighted by Crippen LogP contribution is 2.22. The molecule has 0 N–H and O–H groups in total. The minimum Gasteiger partial charge on any atom is -0.336 e. The van der Waals surface area contributed by atoms with Crippen LogP contribution in [0.3, 0.4) is 0 Å². The molecule has 0 unspecified atom stereocenters. The van der Waals surface area contributed by atoms with Crippen molar-refractivity contribution >= 4 is 21.6 Å². The number of rotatable bonds is 6. The summed E-state index contributed by atoms with van der Waals surface area (Å²) >= 11 is 0. The van der Waals surface area contributed by atoms with Crippen LogP contribution >= 0.6 is 0 Å². The van der Waals surface area contributed by atoms with E-state index in [-0.39, 0.29) is 12.5 Å². The summed E-state index contributed by atoms with van der Waals surface area (Å²) in [6.45, 7) is 6.60. The van der Waals surface area contributed by atoms with Crippen LogP contribution < -0.4 is 4.31 Å². The first-order chi connectivity index (χ1) is 13.4. The number of carbonyl (C=O) groups excluding carboxylic acids is 1. The van der Waals surface area contributed by atoms with Gasteiger partial charge in [-0.15, -0.1) is 0 Å². The van der Waals surface area contributed by atoms with Crippen LogP contribution in [0.4, 0.5) is 5.69 Å². The number of hydrogen-bond donors (Lipinski definition) is 0. The third-order valence-electron chi connectivity index (χ3n) is 5.08. The molecular formula is C21H27N3O3S. The molecule has 0 atom stereocenters. The fourth-order valence-electron chi connectivity index (χ4n) is 3.37. The molecule has 7 heteroatoms. The average Bonchev–Trinajstić information content (AvgIpc) is 2.72. The lowest BCUT2D eigenvalue weighted by Gasteiger charge is -2.34. The van der Waals surface area contributed by atoms with Crippen LogP contribution in [-0.2, 0) is 16.6 Å². The second kappa shape index (κ2) is 8.75. The molecule has 1 heterocycles. The van der Waals surface area contributed by atoms with Gasteiger partial charge in [0.1, 0.15) is 0 Å². The molecule has 1 aliphatic heterocycles. The van der Waals surface area contributed by atoms with E-state index >= 15 is 0 Å². The summed E-state index contributed by atoms with van der Waals surface area (Å²) in [5.74, 6) is -0.00346. The maximum Gasteiger partial charge on any atom is 0.253 e. The molecule has 6 nitrogen and oxygen atoms in total. The van der Waals surface area contributed by atoms with Gasteiger partial charge in [0.25, 0.3) is 5.91 Å². The van der Waals surface area contributed by atoms with E-state index < -0.39 is 10.0 Å². The van der Waals surface area contributed by atoms with Crippen molar-refractivity contribution in [1.29, 1.82) is 0 Å². The van der Waals surface area contributed by atoms with E-state index in [1.54, 1.807) is 24.3 Å². The first-order valence-electron chi connectivity index (χ1n) is 9.52. The summed E-state index contributed by atoms with van der Waals surface area (Å²) in [5.41, 5.74) is 2.04. The molecule has 0 aromatic heterocycles. The van der Waals surface area contributed by atoms with Crippen molar-refractivity contribution in [3.63, 3.8) is 0 Å². The first kappa shape index (κ1) is 20.4. The fraction of sp³-hybridized carbons (Fsp3) is 0.381. The molecule has 0 aliphatic carbocycles.